The van der Waals surface area contributed by atoms with Gasteiger partial charge in [0.2, 0.25) is 5.13 Å². The monoisotopic (exact) mass is 315 g/mol. The second-order valence-corrected chi connectivity index (χ2v) is 4.84. The molecule has 0 atom stereocenters. The van der Waals surface area contributed by atoms with E-state index in [-0.39, 0.29) is 5.56 Å². The molecule has 7 heteroatoms. The highest BCUT2D eigenvalue weighted by Gasteiger charge is 2.10. The molecular weight excluding hydrogens is 309 g/mol. The van der Waals surface area contributed by atoms with Crippen LogP contribution in [0.1, 0.15) is 16.2 Å². The average molecular weight is 316 g/mol. The van der Waals surface area contributed by atoms with Crippen LogP contribution in [0, 0.1) is 12.7 Å². The lowest BCUT2D eigenvalue weighted by Gasteiger charge is -2.02. The molecule has 88 valence electrons. The molecule has 2 aromatic rings. The lowest BCUT2D eigenvalue weighted by atomic mass is 10.2. The predicted octanol–water partition coefficient (Wildman–Crippen LogP) is 3.00. The molecule has 0 aliphatic rings. The van der Waals surface area contributed by atoms with Gasteiger partial charge in [0.05, 0.1) is 4.47 Å². The van der Waals surface area contributed by atoms with Gasteiger partial charge < -0.3 is 0 Å². The van der Waals surface area contributed by atoms with Crippen molar-refractivity contribution >= 4 is 38.5 Å². The van der Waals surface area contributed by atoms with Gasteiger partial charge in [0.25, 0.3) is 5.91 Å². The number of rotatable bonds is 2. The van der Waals surface area contributed by atoms with Crippen LogP contribution in [0.15, 0.2) is 22.7 Å². The van der Waals surface area contributed by atoms with Crippen molar-refractivity contribution in [1.82, 2.24) is 9.36 Å². The highest BCUT2D eigenvalue weighted by Crippen LogP contribution is 2.18. The van der Waals surface area contributed by atoms with E-state index in [0.29, 0.717) is 15.4 Å². The molecule has 17 heavy (non-hydrogen) atoms. The highest BCUT2D eigenvalue weighted by molar-refractivity contribution is 9.10. The summed E-state index contributed by atoms with van der Waals surface area (Å²) >= 11 is 4.11. The van der Waals surface area contributed by atoms with E-state index >= 15 is 0 Å². The van der Waals surface area contributed by atoms with E-state index in [0.717, 1.165) is 17.6 Å². The average Bonchev–Trinajstić information content (AvgIpc) is 2.68. The molecule has 0 fully saturated rings. The maximum Gasteiger partial charge on any atom is 0.257 e. The van der Waals surface area contributed by atoms with Gasteiger partial charge in [-0.25, -0.2) is 9.37 Å². The summed E-state index contributed by atoms with van der Waals surface area (Å²) in [6.45, 7) is 1.73. The van der Waals surface area contributed by atoms with Crippen molar-refractivity contribution in [3.8, 4) is 0 Å². The molecule has 0 spiro atoms. The Morgan fingerprint density at radius 2 is 2.29 bits per heavy atom. The fourth-order valence-electron chi connectivity index (χ4n) is 1.15. The Morgan fingerprint density at radius 3 is 2.88 bits per heavy atom. The van der Waals surface area contributed by atoms with Gasteiger partial charge in [-0.05, 0) is 41.1 Å². The van der Waals surface area contributed by atoms with Gasteiger partial charge in [-0.3, -0.25) is 10.1 Å². The molecule has 1 amide bonds. The third-order valence-corrected chi connectivity index (χ3v) is 3.29. The minimum Gasteiger partial charge on any atom is -0.297 e. The lowest BCUT2D eigenvalue weighted by molar-refractivity contribution is 0.102. The number of halogens is 2. The number of hydrogen-bond acceptors (Lipinski definition) is 4. The lowest BCUT2D eigenvalue weighted by Crippen LogP contribution is -2.11. The number of nitrogens with one attached hydrogen (secondary N) is 1. The Kier molecular flexibility index (Phi) is 3.49. The fraction of sp³-hybridized carbons (Fsp3) is 0.100. The van der Waals surface area contributed by atoms with Gasteiger partial charge in [0.15, 0.2) is 0 Å². The van der Waals surface area contributed by atoms with Crippen LogP contribution in [0.5, 0.6) is 0 Å². The summed E-state index contributed by atoms with van der Waals surface area (Å²) in [4.78, 5) is 15.7. The molecule has 1 aromatic heterocycles. The zero-order valence-electron chi connectivity index (χ0n) is 8.70. The Bertz CT molecular complexity index is 572. The van der Waals surface area contributed by atoms with Gasteiger partial charge in [-0.1, -0.05) is 0 Å². The van der Waals surface area contributed by atoms with E-state index in [1.54, 1.807) is 6.92 Å². The molecular formula is C10H7BrFN3OS. The standard InChI is InChI=1S/C10H7BrFN3OS/c1-5-13-10(17-15-5)14-9(16)6-2-3-7(11)8(12)4-6/h2-4H,1H3,(H,13,14,15,16). The van der Waals surface area contributed by atoms with Gasteiger partial charge >= 0.3 is 0 Å². The molecule has 0 aliphatic carbocycles. The molecule has 1 aromatic carbocycles. The molecule has 0 bridgehead atoms. The summed E-state index contributed by atoms with van der Waals surface area (Å²) < 4.78 is 17.5. The second kappa shape index (κ2) is 4.89. The third-order valence-electron chi connectivity index (χ3n) is 1.93. The van der Waals surface area contributed by atoms with Crippen LogP contribution < -0.4 is 5.32 Å². The summed E-state index contributed by atoms with van der Waals surface area (Å²) in [5, 5.41) is 2.95. The first-order valence-corrected chi connectivity index (χ1v) is 6.19. The normalized spacial score (nSPS) is 10.3. The van der Waals surface area contributed by atoms with Gasteiger partial charge in [-0.2, -0.15) is 4.37 Å². The molecule has 0 aliphatic heterocycles. The summed E-state index contributed by atoms with van der Waals surface area (Å²) in [6, 6.07) is 4.17. The first kappa shape index (κ1) is 12.1. The van der Waals surface area contributed by atoms with Crippen LogP contribution >= 0.6 is 27.5 Å². The topological polar surface area (TPSA) is 54.9 Å². The van der Waals surface area contributed by atoms with Crippen LogP contribution in [0.3, 0.4) is 0 Å². The quantitative estimate of drug-likeness (QED) is 0.926. The SMILES string of the molecule is Cc1nsc(NC(=O)c2ccc(Br)c(F)c2)n1. The van der Waals surface area contributed by atoms with E-state index in [1.165, 1.54) is 12.1 Å². The Morgan fingerprint density at radius 1 is 1.53 bits per heavy atom. The summed E-state index contributed by atoms with van der Waals surface area (Å²) in [5.41, 5.74) is 0.235. The molecule has 0 saturated heterocycles. The second-order valence-electron chi connectivity index (χ2n) is 3.23. The van der Waals surface area contributed by atoms with Gasteiger partial charge in [0, 0.05) is 17.1 Å². The first-order chi connectivity index (χ1) is 8.06. The largest absolute Gasteiger partial charge is 0.297 e. The van der Waals surface area contributed by atoms with E-state index in [1.807, 2.05) is 0 Å². The fourth-order valence-corrected chi connectivity index (χ4v) is 1.97. The number of benzene rings is 1. The smallest absolute Gasteiger partial charge is 0.257 e. The Balaban J connectivity index is 2.17. The number of carbonyl (C=O) groups is 1. The van der Waals surface area contributed by atoms with Crippen molar-refractivity contribution in [2.24, 2.45) is 0 Å². The molecule has 0 unspecified atom stereocenters. The number of aryl methyl sites for hydroxylation is 1. The number of aromatic nitrogens is 2. The third kappa shape index (κ3) is 2.86. The maximum absolute atomic E-state index is 13.2. The van der Waals surface area contributed by atoms with Gasteiger partial charge in [0.1, 0.15) is 11.6 Å². The van der Waals surface area contributed by atoms with E-state index < -0.39 is 11.7 Å². The van der Waals surface area contributed by atoms with Crippen LogP contribution in [0.2, 0.25) is 0 Å². The van der Waals surface area contributed by atoms with Crippen molar-refractivity contribution in [3.63, 3.8) is 0 Å². The Labute approximate surface area is 109 Å². The minimum atomic E-state index is -0.480. The van der Waals surface area contributed by atoms with Crippen molar-refractivity contribution < 1.29 is 9.18 Å². The van der Waals surface area contributed by atoms with Crippen LogP contribution in [0.25, 0.3) is 0 Å². The van der Waals surface area contributed by atoms with E-state index in [4.69, 9.17) is 0 Å². The van der Waals surface area contributed by atoms with Crippen molar-refractivity contribution in [2.75, 3.05) is 5.32 Å². The van der Waals surface area contributed by atoms with Gasteiger partial charge in [-0.15, -0.1) is 0 Å². The van der Waals surface area contributed by atoms with E-state index in [9.17, 15) is 9.18 Å². The van der Waals surface area contributed by atoms with Crippen LogP contribution in [-0.4, -0.2) is 15.3 Å². The van der Waals surface area contributed by atoms with Crippen molar-refractivity contribution in [2.45, 2.75) is 6.92 Å². The zero-order valence-corrected chi connectivity index (χ0v) is 11.1. The molecule has 1 heterocycles. The minimum absolute atomic E-state index is 0.235. The Hall–Kier alpha value is -1.34. The molecule has 2 rings (SSSR count). The first-order valence-electron chi connectivity index (χ1n) is 4.63. The van der Waals surface area contributed by atoms with Crippen molar-refractivity contribution in [3.05, 3.63) is 39.9 Å². The molecule has 1 N–H and O–H groups in total. The van der Waals surface area contributed by atoms with Crippen molar-refractivity contribution in [1.29, 1.82) is 0 Å². The molecule has 0 saturated carbocycles. The number of hydrogen-bond donors (Lipinski definition) is 1. The van der Waals surface area contributed by atoms with Crippen LogP contribution in [0.4, 0.5) is 9.52 Å². The predicted molar refractivity (Wildman–Crippen MR) is 66.7 cm³/mol. The summed E-state index contributed by atoms with van der Waals surface area (Å²) in [7, 11) is 0. The zero-order chi connectivity index (χ0) is 12.4. The van der Waals surface area contributed by atoms with E-state index in [2.05, 4.69) is 30.6 Å². The summed E-state index contributed by atoms with van der Waals surface area (Å²) in [6.07, 6.45) is 0. The molecule has 4 nitrogen and oxygen atoms in total. The molecule has 0 radical (unpaired) electrons. The highest BCUT2D eigenvalue weighted by atomic mass is 79.9. The maximum atomic E-state index is 13.2. The number of anilines is 1. The number of nitrogens with zero attached hydrogens (tertiary/aromatic N) is 2. The number of amides is 1. The number of carbonyl (C=O) groups excluding carboxylic acids is 1. The van der Waals surface area contributed by atoms with Crippen LogP contribution in [-0.2, 0) is 0 Å². The summed E-state index contributed by atoms with van der Waals surface area (Å²) in [5.74, 6) is -0.300.